The Morgan fingerprint density at radius 2 is 1.58 bits per heavy atom. The van der Waals surface area contributed by atoms with Crippen molar-refractivity contribution in [2.75, 3.05) is 32.8 Å². The van der Waals surface area contributed by atoms with Gasteiger partial charge in [0.1, 0.15) is 23.9 Å². The number of amides is 1. The van der Waals surface area contributed by atoms with E-state index in [1.54, 1.807) is 60.8 Å². The first-order valence-corrected chi connectivity index (χ1v) is 17.9. The number of aryl methyl sites for hydroxylation is 2. The van der Waals surface area contributed by atoms with E-state index >= 15 is 0 Å². The predicted octanol–water partition coefficient (Wildman–Crippen LogP) is 8.79. The van der Waals surface area contributed by atoms with Crippen LogP contribution >= 0.6 is 11.6 Å². The lowest BCUT2D eigenvalue weighted by molar-refractivity contribution is -0.127. The number of hydrogen-bond acceptors (Lipinski definition) is 7. The summed E-state index contributed by atoms with van der Waals surface area (Å²) >= 11 is 6.62. The highest BCUT2D eigenvalue weighted by Crippen LogP contribution is 2.34. The second kappa shape index (κ2) is 18.2. The van der Waals surface area contributed by atoms with Gasteiger partial charge in [-0.3, -0.25) is 9.69 Å². The summed E-state index contributed by atoms with van der Waals surface area (Å²) in [5, 5.41) is 9.37. The first kappa shape index (κ1) is 37.1. The molecule has 1 amide bonds. The number of nitriles is 1. The van der Waals surface area contributed by atoms with Gasteiger partial charge in [-0.05, 0) is 108 Å². The third kappa shape index (κ3) is 10.9. The fourth-order valence-corrected chi connectivity index (χ4v) is 6.22. The highest BCUT2D eigenvalue weighted by Gasteiger charge is 2.20. The lowest BCUT2D eigenvalue weighted by atomic mass is 10.1. The van der Waals surface area contributed by atoms with Crippen LogP contribution in [0.1, 0.15) is 39.8 Å². The van der Waals surface area contributed by atoms with Gasteiger partial charge in [0.2, 0.25) is 11.8 Å². The number of benzene rings is 4. The van der Waals surface area contributed by atoms with Crippen molar-refractivity contribution in [2.24, 2.45) is 0 Å². The molecule has 6 rings (SSSR count). The lowest BCUT2D eigenvalue weighted by Gasteiger charge is -2.34. The average molecular weight is 731 g/mol. The number of ether oxygens (including phenoxy) is 3. The molecular weight excluding hydrogens is 691 g/mol. The molecule has 1 fully saturated rings. The number of hydrogen-bond donors (Lipinski definition) is 0. The predicted molar refractivity (Wildman–Crippen MR) is 204 cm³/mol. The molecule has 1 aromatic heterocycles. The molecule has 0 radical (unpaired) electrons. The molecule has 5 aromatic rings. The Balaban J connectivity index is 0.917. The molecule has 53 heavy (non-hydrogen) atoms. The number of nitrogens with zero attached hydrogens (tertiary/aromatic N) is 4. The van der Waals surface area contributed by atoms with Crippen LogP contribution in [-0.2, 0) is 24.4 Å². The maximum atomic E-state index is 13.0. The van der Waals surface area contributed by atoms with E-state index in [2.05, 4.69) is 40.2 Å². The van der Waals surface area contributed by atoms with Crippen LogP contribution in [0.3, 0.4) is 0 Å². The summed E-state index contributed by atoms with van der Waals surface area (Å²) in [6, 6.07) is 31.3. The molecule has 0 aliphatic carbocycles. The summed E-state index contributed by atoms with van der Waals surface area (Å²) < 4.78 is 30.6. The van der Waals surface area contributed by atoms with Crippen LogP contribution in [0.15, 0.2) is 109 Å². The van der Waals surface area contributed by atoms with Gasteiger partial charge in [0, 0.05) is 44.9 Å². The van der Waals surface area contributed by atoms with Gasteiger partial charge in [0.05, 0.1) is 29.5 Å². The molecule has 8 nitrogen and oxygen atoms in total. The third-order valence-electron chi connectivity index (χ3n) is 8.88. The minimum Gasteiger partial charge on any atom is -0.494 e. The molecule has 1 saturated heterocycles. The van der Waals surface area contributed by atoms with Gasteiger partial charge in [-0.15, -0.1) is 0 Å². The van der Waals surface area contributed by atoms with E-state index in [0.29, 0.717) is 60.0 Å². The van der Waals surface area contributed by atoms with E-state index in [-0.39, 0.29) is 11.7 Å². The first-order valence-electron chi connectivity index (χ1n) is 17.5. The van der Waals surface area contributed by atoms with Crippen molar-refractivity contribution < 1.29 is 23.4 Å². The standard InChI is InChI=1S/C43H40ClFN4O4/c1-31-25-36(26-40(44)43(31)53-41-18-17-39(28-47-41)52-30-35-10-6-33(27-46)7-11-35)12-19-42(50)49-22-20-48(21-23-49)29-34-8-4-32(5-9-34)3-2-24-51-38-15-13-37(45)14-16-38/h4-19,25-26,28H,2-3,20-24,29-30H2,1H3/b19-12+. The zero-order valence-corrected chi connectivity index (χ0v) is 30.3. The van der Waals surface area contributed by atoms with Crippen LogP contribution in [-0.4, -0.2) is 53.5 Å². The summed E-state index contributed by atoms with van der Waals surface area (Å²) in [7, 11) is 0. The smallest absolute Gasteiger partial charge is 0.246 e. The van der Waals surface area contributed by atoms with Crippen molar-refractivity contribution in [3.8, 4) is 29.2 Å². The first-order chi connectivity index (χ1) is 25.8. The monoisotopic (exact) mass is 730 g/mol. The maximum absolute atomic E-state index is 13.0. The third-order valence-corrected chi connectivity index (χ3v) is 9.16. The van der Waals surface area contributed by atoms with Crippen LogP contribution in [0.25, 0.3) is 6.08 Å². The van der Waals surface area contributed by atoms with Crippen LogP contribution in [0.4, 0.5) is 4.39 Å². The lowest BCUT2D eigenvalue weighted by Crippen LogP contribution is -2.47. The van der Waals surface area contributed by atoms with Crippen LogP contribution in [0.5, 0.6) is 23.1 Å². The number of piperazine rings is 1. The molecule has 10 heteroatoms. The Bertz CT molecular complexity index is 2020. The molecule has 4 aromatic carbocycles. The van der Waals surface area contributed by atoms with E-state index in [1.165, 1.54) is 23.3 Å². The second-order valence-electron chi connectivity index (χ2n) is 12.8. The molecule has 0 unspecified atom stereocenters. The zero-order chi connectivity index (χ0) is 37.0. The fraction of sp³-hybridized carbons (Fsp3) is 0.233. The zero-order valence-electron chi connectivity index (χ0n) is 29.5. The minimum atomic E-state index is -0.267. The van der Waals surface area contributed by atoms with E-state index < -0.39 is 0 Å². The molecule has 0 saturated carbocycles. The minimum absolute atomic E-state index is 0.0304. The Hall–Kier alpha value is -5.69. The molecule has 0 spiro atoms. The van der Waals surface area contributed by atoms with Crippen LogP contribution in [0.2, 0.25) is 5.02 Å². The molecule has 0 atom stereocenters. The number of aromatic nitrogens is 1. The molecule has 1 aliphatic heterocycles. The average Bonchev–Trinajstić information content (AvgIpc) is 3.18. The summed E-state index contributed by atoms with van der Waals surface area (Å²) in [6.45, 7) is 6.59. The van der Waals surface area contributed by atoms with Gasteiger partial charge >= 0.3 is 0 Å². The molecular formula is C43H40ClFN4O4. The van der Waals surface area contributed by atoms with Gasteiger partial charge in [-0.2, -0.15) is 5.26 Å². The van der Waals surface area contributed by atoms with E-state index in [4.69, 9.17) is 31.1 Å². The second-order valence-corrected chi connectivity index (χ2v) is 13.2. The molecule has 270 valence electrons. The van der Waals surface area contributed by atoms with Gasteiger partial charge in [0.15, 0.2) is 5.75 Å². The molecule has 2 heterocycles. The van der Waals surface area contributed by atoms with Gasteiger partial charge in [0.25, 0.3) is 0 Å². The maximum Gasteiger partial charge on any atom is 0.246 e. The Labute approximate surface area is 314 Å². The van der Waals surface area contributed by atoms with E-state index in [9.17, 15) is 9.18 Å². The van der Waals surface area contributed by atoms with Gasteiger partial charge in [-0.1, -0.05) is 48.0 Å². The van der Waals surface area contributed by atoms with Crippen molar-refractivity contribution in [2.45, 2.75) is 32.9 Å². The van der Waals surface area contributed by atoms with Crippen molar-refractivity contribution in [1.29, 1.82) is 5.26 Å². The highest BCUT2D eigenvalue weighted by molar-refractivity contribution is 6.32. The van der Waals surface area contributed by atoms with Crippen molar-refractivity contribution in [1.82, 2.24) is 14.8 Å². The van der Waals surface area contributed by atoms with E-state index in [1.807, 2.05) is 30.0 Å². The van der Waals surface area contributed by atoms with E-state index in [0.717, 1.165) is 49.2 Å². The van der Waals surface area contributed by atoms with Crippen molar-refractivity contribution >= 4 is 23.6 Å². The summed E-state index contributed by atoms with van der Waals surface area (Å²) in [6.07, 6.45) is 6.75. The number of halogens is 2. The van der Waals surface area contributed by atoms with Crippen LogP contribution < -0.4 is 14.2 Å². The fourth-order valence-electron chi connectivity index (χ4n) is 5.91. The summed E-state index contributed by atoms with van der Waals surface area (Å²) in [5.41, 5.74) is 5.66. The highest BCUT2D eigenvalue weighted by atomic mass is 35.5. The summed E-state index contributed by atoms with van der Waals surface area (Å²) in [4.78, 5) is 21.6. The quantitative estimate of drug-likeness (QED) is 0.0834. The Morgan fingerprint density at radius 3 is 2.26 bits per heavy atom. The van der Waals surface area contributed by atoms with Gasteiger partial charge < -0.3 is 19.1 Å². The number of pyridine rings is 1. The molecule has 0 bridgehead atoms. The molecule has 0 N–H and O–H groups in total. The normalized spacial score (nSPS) is 13.1. The number of carbonyl (C=O) groups excluding carboxylic acids is 1. The van der Waals surface area contributed by atoms with Crippen molar-refractivity contribution in [3.63, 3.8) is 0 Å². The Morgan fingerprint density at radius 1 is 0.887 bits per heavy atom. The van der Waals surface area contributed by atoms with Gasteiger partial charge in [-0.25, -0.2) is 9.37 Å². The van der Waals surface area contributed by atoms with Crippen molar-refractivity contribution in [3.05, 3.63) is 154 Å². The SMILES string of the molecule is Cc1cc(/C=C/C(=O)N2CCN(Cc3ccc(CCCOc4ccc(F)cc4)cc3)CC2)cc(Cl)c1Oc1ccc(OCc2ccc(C#N)cc2)cn1. The number of rotatable bonds is 14. The number of carbonyl (C=O) groups is 1. The van der Waals surface area contributed by atoms with Crippen LogP contribution in [0, 0.1) is 24.1 Å². The Kier molecular flexibility index (Phi) is 12.7. The summed E-state index contributed by atoms with van der Waals surface area (Å²) in [5.74, 6) is 1.83. The largest absolute Gasteiger partial charge is 0.494 e. The topological polar surface area (TPSA) is 87.9 Å². The molecule has 1 aliphatic rings.